The van der Waals surface area contributed by atoms with Crippen LogP contribution in [0.5, 0.6) is 0 Å². The number of aromatic nitrogens is 2. The van der Waals surface area contributed by atoms with Gasteiger partial charge in [0.25, 0.3) is 0 Å². The summed E-state index contributed by atoms with van der Waals surface area (Å²) in [6, 6.07) is 3.77. The fourth-order valence-electron chi connectivity index (χ4n) is 1.36. The molecule has 2 aromatic rings. The highest BCUT2D eigenvalue weighted by Crippen LogP contribution is 2.37. The van der Waals surface area contributed by atoms with Crippen LogP contribution in [0.3, 0.4) is 0 Å². The third kappa shape index (κ3) is 3.63. The quantitative estimate of drug-likeness (QED) is 0.791. The molecule has 8 heteroatoms. The van der Waals surface area contributed by atoms with Crippen LogP contribution >= 0.6 is 23.4 Å². The molecule has 0 aliphatic carbocycles. The maximum atomic E-state index is 12.7. The zero-order valence-electron chi connectivity index (χ0n) is 9.66. The van der Waals surface area contributed by atoms with Gasteiger partial charge in [-0.1, -0.05) is 16.8 Å². The maximum Gasteiger partial charge on any atom is 0.417 e. The first-order valence-corrected chi connectivity index (χ1v) is 6.51. The van der Waals surface area contributed by atoms with E-state index in [1.807, 2.05) is 0 Å². The first kappa shape index (κ1) is 14.2. The number of aryl methyl sites for hydroxylation is 1. The van der Waals surface area contributed by atoms with Crippen molar-refractivity contribution in [1.29, 1.82) is 0 Å². The predicted molar refractivity (Wildman–Crippen MR) is 65.1 cm³/mol. The van der Waals surface area contributed by atoms with E-state index in [2.05, 4.69) is 10.1 Å². The molecule has 0 fully saturated rings. The second kappa shape index (κ2) is 5.42. The van der Waals surface area contributed by atoms with E-state index in [4.69, 9.17) is 16.1 Å². The Morgan fingerprint density at radius 1 is 1.37 bits per heavy atom. The Hall–Kier alpha value is -1.21. The summed E-state index contributed by atoms with van der Waals surface area (Å²) in [6.45, 7) is 1.64. The zero-order chi connectivity index (χ0) is 14.0. The van der Waals surface area contributed by atoms with Gasteiger partial charge in [0.2, 0.25) is 5.89 Å². The van der Waals surface area contributed by atoms with Crippen LogP contribution < -0.4 is 0 Å². The topological polar surface area (TPSA) is 38.9 Å². The third-order valence-electron chi connectivity index (χ3n) is 2.18. The number of alkyl halides is 3. The van der Waals surface area contributed by atoms with Gasteiger partial charge in [-0.15, -0.1) is 11.8 Å². The lowest BCUT2D eigenvalue weighted by Gasteiger charge is -2.10. The summed E-state index contributed by atoms with van der Waals surface area (Å²) < 4.78 is 42.8. The minimum Gasteiger partial charge on any atom is -0.340 e. The van der Waals surface area contributed by atoms with Crippen molar-refractivity contribution in [3.63, 3.8) is 0 Å². The molecule has 3 nitrogen and oxygen atoms in total. The summed E-state index contributed by atoms with van der Waals surface area (Å²) in [5, 5.41) is 3.35. The van der Waals surface area contributed by atoms with Crippen LogP contribution in [0.15, 0.2) is 27.6 Å². The minimum atomic E-state index is -4.46. The average Bonchev–Trinajstić information content (AvgIpc) is 2.72. The lowest BCUT2D eigenvalue weighted by atomic mass is 10.2. The number of hydrogen-bond acceptors (Lipinski definition) is 4. The van der Waals surface area contributed by atoms with Gasteiger partial charge < -0.3 is 4.52 Å². The van der Waals surface area contributed by atoms with Crippen molar-refractivity contribution in [3.05, 3.63) is 40.5 Å². The van der Waals surface area contributed by atoms with E-state index in [1.54, 1.807) is 6.92 Å². The molecule has 0 N–H and O–H groups in total. The Kier molecular flexibility index (Phi) is 4.05. The zero-order valence-corrected chi connectivity index (χ0v) is 11.2. The van der Waals surface area contributed by atoms with Crippen molar-refractivity contribution >= 4 is 23.4 Å². The molecule has 1 aromatic heterocycles. The number of thioether (sulfide) groups is 1. The molecule has 0 unspecified atom stereocenters. The van der Waals surface area contributed by atoms with Crippen LogP contribution in [0.4, 0.5) is 13.2 Å². The van der Waals surface area contributed by atoms with Crippen molar-refractivity contribution in [2.45, 2.75) is 23.7 Å². The van der Waals surface area contributed by atoms with Crippen LogP contribution in [-0.4, -0.2) is 10.1 Å². The monoisotopic (exact) mass is 308 g/mol. The van der Waals surface area contributed by atoms with Crippen LogP contribution in [0.2, 0.25) is 5.02 Å². The van der Waals surface area contributed by atoms with Crippen LogP contribution in [0.1, 0.15) is 17.3 Å². The van der Waals surface area contributed by atoms with Crippen molar-refractivity contribution in [2.24, 2.45) is 0 Å². The molecule has 0 saturated carbocycles. The summed E-state index contributed by atoms with van der Waals surface area (Å²) in [4.78, 5) is 4.41. The largest absolute Gasteiger partial charge is 0.417 e. The molecule has 0 amide bonds. The van der Waals surface area contributed by atoms with Crippen LogP contribution in [-0.2, 0) is 11.9 Å². The standard InChI is InChI=1S/C11H8ClF3N2OS/c1-6-16-10(17-18-6)5-19-7-2-3-9(12)8(4-7)11(13,14)15/h2-4H,5H2,1H3. The number of halogens is 4. The highest BCUT2D eigenvalue weighted by molar-refractivity contribution is 7.98. The number of nitrogens with zero attached hydrogens (tertiary/aromatic N) is 2. The molecule has 19 heavy (non-hydrogen) atoms. The van der Waals surface area contributed by atoms with Crippen molar-refractivity contribution in [1.82, 2.24) is 10.1 Å². The van der Waals surface area contributed by atoms with Crippen LogP contribution in [0.25, 0.3) is 0 Å². The maximum absolute atomic E-state index is 12.7. The Labute approximate surface area is 116 Å². The summed E-state index contributed by atoms with van der Waals surface area (Å²) in [5.74, 6) is 1.18. The smallest absolute Gasteiger partial charge is 0.340 e. The highest BCUT2D eigenvalue weighted by Gasteiger charge is 2.33. The molecule has 0 spiro atoms. The Morgan fingerprint density at radius 2 is 2.11 bits per heavy atom. The fourth-order valence-corrected chi connectivity index (χ4v) is 2.36. The Morgan fingerprint density at radius 3 is 2.68 bits per heavy atom. The second-order valence-electron chi connectivity index (χ2n) is 3.66. The number of rotatable bonds is 3. The SMILES string of the molecule is Cc1nc(CSc2ccc(Cl)c(C(F)(F)F)c2)no1. The molecule has 0 radical (unpaired) electrons. The van der Waals surface area contributed by atoms with Gasteiger partial charge in [0.15, 0.2) is 5.82 Å². The molecule has 1 heterocycles. The van der Waals surface area contributed by atoms with Gasteiger partial charge in [-0.05, 0) is 18.2 Å². The summed E-state index contributed by atoms with van der Waals surface area (Å²) in [6.07, 6.45) is -4.46. The van der Waals surface area contributed by atoms with E-state index in [1.165, 1.54) is 23.9 Å². The van der Waals surface area contributed by atoms with E-state index >= 15 is 0 Å². The van der Waals surface area contributed by atoms with Crippen LogP contribution in [0, 0.1) is 6.92 Å². The number of hydrogen-bond donors (Lipinski definition) is 0. The molecular formula is C11H8ClF3N2OS. The minimum absolute atomic E-state index is 0.313. The Bertz CT molecular complexity index is 586. The van der Waals surface area contributed by atoms with Gasteiger partial charge in [-0.2, -0.15) is 18.2 Å². The first-order valence-electron chi connectivity index (χ1n) is 5.15. The molecule has 102 valence electrons. The molecular weight excluding hydrogens is 301 g/mol. The van der Waals surface area contributed by atoms with Crippen molar-refractivity contribution < 1.29 is 17.7 Å². The molecule has 1 aromatic carbocycles. The van der Waals surface area contributed by atoms with E-state index in [-0.39, 0.29) is 5.02 Å². The van der Waals surface area contributed by atoms with Gasteiger partial charge in [-0.3, -0.25) is 0 Å². The molecule has 2 rings (SSSR count). The molecule has 0 atom stereocenters. The summed E-state index contributed by atoms with van der Waals surface area (Å²) >= 11 is 6.71. The summed E-state index contributed by atoms with van der Waals surface area (Å²) in [7, 11) is 0. The van der Waals surface area contributed by atoms with E-state index in [0.29, 0.717) is 22.4 Å². The van der Waals surface area contributed by atoms with E-state index in [9.17, 15) is 13.2 Å². The molecule has 0 saturated heterocycles. The molecule has 0 aliphatic heterocycles. The average molecular weight is 309 g/mol. The van der Waals surface area contributed by atoms with Gasteiger partial charge in [0.05, 0.1) is 16.3 Å². The van der Waals surface area contributed by atoms with Crippen molar-refractivity contribution in [2.75, 3.05) is 0 Å². The number of benzene rings is 1. The van der Waals surface area contributed by atoms with Gasteiger partial charge >= 0.3 is 6.18 Å². The second-order valence-corrected chi connectivity index (χ2v) is 5.11. The summed E-state index contributed by atoms with van der Waals surface area (Å²) in [5.41, 5.74) is -0.844. The van der Waals surface area contributed by atoms with Crippen molar-refractivity contribution in [3.8, 4) is 0 Å². The predicted octanol–water partition coefficient (Wildman–Crippen LogP) is 4.34. The highest BCUT2D eigenvalue weighted by atomic mass is 35.5. The lowest BCUT2D eigenvalue weighted by Crippen LogP contribution is -2.05. The van der Waals surface area contributed by atoms with E-state index < -0.39 is 11.7 Å². The van der Waals surface area contributed by atoms with Gasteiger partial charge in [-0.25, -0.2) is 0 Å². The van der Waals surface area contributed by atoms with E-state index in [0.717, 1.165) is 6.07 Å². The lowest BCUT2D eigenvalue weighted by molar-refractivity contribution is -0.137. The fraction of sp³-hybridized carbons (Fsp3) is 0.273. The first-order chi connectivity index (χ1) is 8.86. The third-order valence-corrected chi connectivity index (χ3v) is 3.50. The Balaban J connectivity index is 2.13. The normalized spacial score (nSPS) is 11.8. The van der Waals surface area contributed by atoms with Gasteiger partial charge in [0.1, 0.15) is 0 Å². The van der Waals surface area contributed by atoms with Gasteiger partial charge in [0, 0.05) is 11.8 Å². The molecule has 0 bridgehead atoms. The molecule has 0 aliphatic rings.